The molecule has 0 amide bonds. The van der Waals surface area contributed by atoms with E-state index >= 15 is 0 Å². The number of nitrogens with zero attached hydrogens (tertiary/aromatic N) is 1. The van der Waals surface area contributed by atoms with Crippen LogP contribution in [0.25, 0.3) is 0 Å². The fourth-order valence-corrected chi connectivity index (χ4v) is 4.37. The second kappa shape index (κ2) is 10.1. The second-order valence-electron chi connectivity index (χ2n) is 6.55. The molecule has 0 unspecified atom stereocenters. The highest BCUT2D eigenvalue weighted by Crippen LogP contribution is 2.32. The highest BCUT2D eigenvalue weighted by molar-refractivity contribution is 7.99. The normalized spacial score (nSPS) is 15.7. The summed E-state index contributed by atoms with van der Waals surface area (Å²) < 4.78 is 0. The second-order valence-corrected chi connectivity index (χ2v) is 8.46. The third-order valence-electron chi connectivity index (χ3n) is 4.49. The van der Waals surface area contributed by atoms with E-state index in [1.165, 1.54) is 44.9 Å². The molecular weight excluding hydrogens is 382 g/mol. The van der Waals surface area contributed by atoms with Crippen molar-refractivity contribution in [1.29, 1.82) is 0 Å². The van der Waals surface area contributed by atoms with Gasteiger partial charge in [-0.25, -0.2) is 4.98 Å². The lowest BCUT2D eigenvalue weighted by atomic mass is 9.97. The largest absolute Gasteiger partial charge is 0.360 e. The van der Waals surface area contributed by atoms with Gasteiger partial charge in [0.2, 0.25) is 0 Å². The van der Waals surface area contributed by atoms with Crippen LogP contribution in [0.15, 0.2) is 52.5 Å². The Morgan fingerprint density at radius 2 is 1.73 bits per heavy atom. The zero-order valence-electron chi connectivity index (χ0n) is 14.7. The maximum absolute atomic E-state index is 5.97. The molecule has 1 heterocycles. The molecule has 2 N–H and O–H groups in total. The molecule has 1 aromatic carbocycles. The highest BCUT2D eigenvalue weighted by atomic mass is 35.5. The van der Waals surface area contributed by atoms with Crippen molar-refractivity contribution in [1.82, 2.24) is 10.3 Å². The summed E-state index contributed by atoms with van der Waals surface area (Å²) in [6, 6.07) is 12.2. The number of hydrogen-bond acceptors (Lipinski definition) is 3. The van der Waals surface area contributed by atoms with E-state index in [-0.39, 0.29) is 0 Å². The number of thiocarbonyl (C=S) groups is 1. The summed E-state index contributed by atoms with van der Waals surface area (Å²) in [5.74, 6) is 0. The Kier molecular flexibility index (Phi) is 7.59. The van der Waals surface area contributed by atoms with Crippen molar-refractivity contribution in [3.05, 3.63) is 47.6 Å². The number of hydrogen-bond donors (Lipinski definition) is 2. The van der Waals surface area contributed by atoms with Gasteiger partial charge in [-0.1, -0.05) is 55.5 Å². The van der Waals surface area contributed by atoms with Crippen LogP contribution in [0.3, 0.4) is 0 Å². The number of rotatable bonds is 4. The predicted octanol–water partition coefficient (Wildman–Crippen LogP) is 6.29. The summed E-state index contributed by atoms with van der Waals surface area (Å²) in [6.07, 6.45) is 10.8. The van der Waals surface area contributed by atoms with Gasteiger partial charge in [-0.2, -0.15) is 0 Å². The number of benzene rings is 1. The smallest absolute Gasteiger partial charge is 0.171 e. The molecule has 0 saturated heterocycles. The van der Waals surface area contributed by atoms with Gasteiger partial charge in [0.15, 0.2) is 5.11 Å². The van der Waals surface area contributed by atoms with Gasteiger partial charge in [0.05, 0.1) is 5.69 Å². The van der Waals surface area contributed by atoms with Gasteiger partial charge in [-0.05, 0) is 61.5 Å². The van der Waals surface area contributed by atoms with Crippen LogP contribution in [-0.2, 0) is 0 Å². The SMILES string of the molecule is S=C(Nc1cccnc1Sc1ccc(Cl)cc1)NC1CCCCCCC1. The van der Waals surface area contributed by atoms with Gasteiger partial charge in [-0.15, -0.1) is 0 Å². The van der Waals surface area contributed by atoms with Gasteiger partial charge in [0.25, 0.3) is 0 Å². The van der Waals surface area contributed by atoms with Crippen LogP contribution >= 0.6 is 35.6 Å². The van der Waals surface area contributed by atoms with Crippen molar-refractivity contribution in [2.45, 2.75) is 60.9 Å². The summed E-state index contributed by atoms with van der Waals surface area (Å²) in [6.45, 7) is 0. The first-order valence-corrected chi connectivity index (χ1v) is 10.8. The molecule has 1 saturated carbocycles. The fraction of sp³-hybridized carbons (Fsp3) is 0.400. The first-order chi connectivity index (χ1) is 12.7. The van der Waals surface area contributed by atoms with Crippen LogP contribution in [0.2, 0.25) is 5.02 Å². The number of nitrogens with one attached hydrogen (secondary N) is 2. The Hall–Kier alpha value is -1.30. The molecule has 0 aliphatic heterocycles. The predicted molar refractivity (Wildman–Crippen MR) is 115 cm³/mol. The lowest BCUT2D eigenvalue weighted by Crippen LogP contribution is -2.38. The molecule has 6 heteroatoms. The topological polar surface area (TPSA) is 37.0 Å². The lowest BCUT2D eigenvalue weighted by molar-refractivity contribution is 0.430. The fourth-order valence-electron chi connectivity index (χ4n) is 3.13. The van der Waals surface area contributed by atoms with Crippen molar-refractivity contribution in [3.63, 3.8) is 0 Å². The van der Waals surface area contributed by atoms with Crippen LogP contribution in [0.4, 0.5) is 5.69 Å². The monoisotopic (exact) mass is 405 g/mol. The van der Waals surface area contributed by atoms with E-state index in [0.29, 0.717) is 11.2 Å². The molecule has 0 spiro atoms. The van der Waals surface area contributed by atoms with E-state index in [4.69, 9.17) is 23.8 Å². The molecule has 0 atom stereocenters. The average molecular weight is 406 g/mol. The van der Waals surface area contributed by atoms with Crippen LogP contribution in [0.5, 0.6) is 0 Å². The number of anilines is 1. The molecule has 0 radical (unpaired) electrons. The van der Waals surface area contributed by atoms with Gasteiger partial charge in [-0.3, -0.25) is 0 Å². The Balaban J connectivity index is 1.61. The summed E-state index contributed by atoms with van der Waals surface area (Å²) in [7, 11) is 0. The van der Waals surface area contributed by atoms with Crippen molar-refractivity contribution in [3.8, 4) is 0 Å². The zero-order valence-corrected chi connectivity index (χ0v) is 17.1. The van der Waals surface area contributed by atoms with Gasteiger partial charge in [0.1, 0.15) is 5.03 Å². The van der Waals surface area contributed by atoms with Crippen molar-refractivity contribution in [2.24, 2.45) is 0 Å². The van der Waals surface area contributed by atoms with E-state index in [2.05, 4.69) is 15.6 Å². The third-order valence-corrected chi connectivity index (χ3v) is 5.99. The molecule has 1 fully saturated rings. The van der Waals surface area contributed by atoms with E-state index in [1.807, 2.05) is 36.4 Å². The maximum Gasteiger partial charge on any atom is 0.171 e. The molecule has 0 bridgehead atoms. The Morgan fingerprint density at radius 1 is 1.04 bits per heavy atom. The van der Waals surface area contributed by atoms with Crippen molar-refractivity contribution in [2.75, 3.05) is 5.32 Å². The highest BCUT2D eigenvalue weighted by Gasteiger charge is 2.13. The summed E-state index contributed by atoms with van der Waals surface area (Å²) >= 11 is 13.1. The zero-order chi connectivity index (χ0) is 18.2. The van der Waals surface area contributed by atoms with E-state index in [0.717, 1.165) is 20.6 Å². The molecule has 1 aliphatic rings. The first kappa shape index (κ1) is 19.5. The lowest BCUT2D eigenvalue weighted by Gasteiger charge is -2.23. The van der Waals surface area contributed by atoms with Crippen LogP contribution < -0.4 is 10.6 Å². The standard InChI is InChI=1S/C20H24ClN3S2/c21-15-10-12-17(13-11-15)26-19-18(9-6-14-22-19)24-20(25)23-16-7-4-2-1-3-5-8-16/h6,9-14,16H,1-5,7-8H2,(H2,23,24,25). The summed E-state index contributed by atoms with van der Waals surface area (Å²) in [5.41, 5.74) is 0.927. The Labute approximate surface area is 170 Å². The quantitative estimate of drug-likeness (QED) is 0.585. The van der Waals surface area contributed by atoms with E-state index in [9.17, 15) is 0 Å². The van der Waals surface area contributed by atoms with Gasteiger partial charge < -0.3 is 10.6 Å². The number of pyridine rings is 1. The molecule has 3 nitrogen and oxygen atoms in total. The van der Waals surface area contributed by atoms with Crippen LogP contribution in [-0.4, -0.2) is 16.1 Å². The van der Waals surface area contributed by atoms with Crippen molar-refractivity contribution >= 4 is 46.4 Å². The number of aromatic nitrogens is 1. The van der Waals surface area contributed by atoms with Gasteiger partial charge >= 0.3 is 0 Å². The molecule has 2 aromatic rings. The van der Waals surface area contributed by atoms with Gasteiger partial charge in [0, 0.05) is 22.2 Å². The molecular formula is C20H24ClN3S2. The Morgan fingerprint density at radius 3 is 2.46 bits per heavy atom. The molecule has 3 rings (SSSR count). The van der Waals surface area contributed by atoms with E-state index < -0.39 is 0 Å². The van der Waals surface area contributed by atoms with Crippen LogP contribution in [0, 0.1) is 0 Å². The molecule has 1 aliphatic carbocycles. The first-order valence-electron chi connectivity index (χ1n) is 9.17. The minimum absolute atomic E-state index is 0.472. The molecule has 138 valence electrons. The molecule has 1 aromatic heterocycles. The minimum Gasteiger partial charge on any atom is -0.360 e. The van der Waals surface area contributed by atoms with E-state index in [1.54, 1.807) is 18.0 Å². The average Bonchev–Trinajstić information content (AvgIpc) is 2.61. The summed E-state index contributed by atoms with van der Waals surface area (Å²) in [4.78, 5) is 5.60. The third kappa shape index (κ3) is 6.15. The number of halogens is 1. The molecule has 26 heavy (non-hydrogen) atoms. The van der Waals surface area contributed by atoms with Crippen LogP contribution in [0.1, 0.15) is 44.9 Å². The maximum atomic E-state index is 5.97. The Bertz CT molecular complexity index is 713. The summed E-state index contributed by atoms with van der Waals surface area (Å²) in [5, 5.41) is 9.15. The van der Waals surface area contributed by atoms with Crippen molar-refractivity contribution < 1.29 is 0 Å². The minimum atomic E-state index is 0.472.